The first kappa shape index (κ1) is 22.3. The van der Waals surface area contributed by atoms with Gasteiger partial charge in [-0.1, -0.05) is 13.0 Å². The number of carboxylic acids is 1. The third-order valence-corrected chi connectivity index (χ3v) is 4.83. The lowest BCUT2D eigenvalue weighted by Crippen LogP contribution is -2.46. The minimum atomic E-state index is -0.917. The number of hydrogen-bond acceptors (Lipinski definition) is 7. The molecule has 0 spiro atoms. The van der Waals surface area contributed by atoms with Crippen molar-refractivity contribution in [2.45, 2.75) is 58.3 Å². The highest BCUT2D eigenvalue weighted by atomic mass is 16.5. The number of nitrogens with zero attached hydrogens (tertiary/aromatic N) is 2. The highest BCUT2D eigenvalue weighted by Gasteiger charge is 2.29. The van der Waals surface area contributed by atoms with Gasteiger partial charge in [-0.2, -0.15) is 0 Å². The quantitative estimate of drug-likeness (QED) is 0.594. The average molecular weight is 393 g/mol. The van der Waals surface area contributed by atoms with Crippen molar-refractivity contribution in [1.29, 1.82) is 0 Å². The number of fused-ring (bicyclic) bond motifs is 2. The third kappa shape index (κ3) is 7.53. The zero-order valence-electron chi connectivity index (χ0n) is 16.8. The summed E-state index contributed by atoms with van der Waals surface area (Å²) in [5.41, 5.74) is 1.80. The maximum Gasteiger partial charge on any atom is 0.323 e. The number of aromatic nitrogens is 1. The second kappa shape index (κ2) is 11.7. The van der Waals surface area contributed by atoms with E-state index < -0.39 is 12.0 Å². The Bertz CT molecular complexity index is 640. The second-order valence-electron chi connectivity index (χ2n) is 7.12. The van der Waals surface area contributed by atoms with Crippen LogP contribution in [0.2, 0.25) is 0 Å². The molecular formula is C20H32N4O4. The minimum absolute atomic E-state index is 0.0818. The third-order valence-electron chi connectivity index (χ3n) is 4.83. The van der Waals surface area contributed by atoms with Crippen molar-refractivity contribution in [3.05, 3.63) is 29.6 Å². The number of ether oxygens (including phenoxy) is 1. The molecule has 1 aromatic rings. The molecule has 0 fully saturated rings. The smallest absolute Gasteiger partial charge is 0.323 e. The maximum atomic E-state index is 12.8. The molecule has 8 heteroatoms. The number of carbonyl (C=O) groups is 2. The van der Waals surface area contributed by atoms with E-state index >= 15 is 0 Å². The Morgan fingerprint density at radius 2 is 2.00 bits per heavy atom. The number of nitrogens with one attached hydrogen (secondary N) is 2. The highest BCUT2D eigenvalue weighted by Crippen LogP contribution is 2.15. The first-order valence-electron chi connectivity index (χ1n) is 10.0. The normalized spacial score (nSPS) is 18.4. The molecule has 156 valence electrons. The summed E-state index contributed by atoms with van der Waals surface area (Å²) in [5.74, 6) is -1.28. The Kier molecular flexibility index (Phi) is 9.33. The van der Waals surface area contributed by atoms with Crippen LogP contribution in [0.4, 0.5) is 0 Å². The van der Waals surface area contributed by atoms with Gasteiger partial charge in [0.05, 0.1) is 17.5 Å². The van der Waals surface area contributed by atoms with Crippen LogP contribution in [0.25, 0.3) is 0 Å². The molecule has 0 aromatic carbocycles. The summed E-state index contributed by atoms with van der Waals surface area (Å²) in [4.78, 5) is 30.6. The summed E-state index contributed by atoms with van der Waals surface area (Å²) in [5, 5.41) is 15.8. The Morgan fingerprint density at radius 1 is 1.25 bits per heavy atom. The molecule has 0 aliphatic carbocycles. The molecule has 2 unspecified atom stereocenters. The van der Waals surface area contributed by atoms with E-state index in [0.29, 0.717) is 26.2 Å². The summed E-state index contributed by atoms with van der Waals surface area (Å²) in [6.07, 6.45) is 0.654. The Hall–Kier alpha value is -2.03. The second-order valence-corrected chi connectivity index (χ2v) is 7.12. The van der Waals surface area contributed by atoms with Crippen LogP contribution in [-0.4, -0.2) is 65.3 Å². The number of pyridine rings is 1. The summed E-state index contributed by atoms with van der Waals surface area (Å²) < 4.78 is 5.55. The zero-order chi connectivity index (χ0) is 20.4. The van der Waals surface area contributed by atoms with E-state index in [0.717, 1.165) is 30.9 Å². The average Bonchev–Trinajstić information content (AvgIpc) is 2.66. The van der Waals surface area contributed by atoms with Gasteiger partial charge in [0.25, 0.3) is 0 Å². The lowest BCUT2D eigenvalue weighted by atomic mass is 10.1. The molecule has 2 atom stereocenters. The summed E-state index contributed by atoms with van der Waals surface area (Å²) >= 11 is 0. The van der Waals surface area contributed by atoms with E-state index in [2.05, 4.69) is 15.6 Å². The van der Waals surface area contributed by atoms with Crippen LogP contribution in [0.5, 0.6) is 0 Å². The van der Waals surface area contributed by atoms with Crippen LogP contribution in [0.15, 0.2) is 18.2 Å². The molecule has 2 bridgehead atoms. The van der Waals surface area contributed by atoms with E-state index in [1.807, 2.05) is 36.9 Å². The van der Waals surface area contributed by atoms with Gasteiger partial charge in [0.1, 0.15) is 6.04 Å². The van der Waals surface area contributed by atoms with Crippen molar-refractivity contribution in [2.24, 2.45) is 0 Å². The van der Waals surface area contributed by atoms with E-state index in [4.69, 9.17) is 9.84 Å². The minimum Gasteiger partial charge on any atom is -0.481 e. The van der Waals surface area contributed by atoms with Gasteiger partial charge in [-0.25, -0.2) is 0 Å². The number of carbonyl (C=O) groups excluding carboxylic acids is 1. The fourth-order valence-electron chi connectivity index (χ4n) is 3.08. The molecule has 1 aromatic heterocycles. The number of carboxylic acid groups (broad SMARTS) is 1. The maximum absolute atomic E-state index is 12.8. The number of rotatable bonds is 7. The molecular weight excluding hydrogens is 360 g/mol. The van der Waals surface area contributed by atoms with Crippen molar-refractivity contribution < 1.29 is 19.4 Å². The number of esters is 1. The van der Waals surface area contributed by atoms with Gasteiger partial charge in [-0.15, -0.1) is 0 Å². The van der Waals surface area contributed by atoms with Crippen molar-refractivity contribution >= 4 is 11.9 Å². The number of hydrogen-bond donors (Lipinski definition) is 3. The van der Waals surface area contributed by atoms with E-state index in [9.17, 15) is 9.59 Å². The Balaban J connectivity index is 2.22. The summed E-state index contributed by atoms with van der Waals surface area (Å²) in [6.45, 7) is 7.89. The fourth-order valence-corrected chi connectivity index (χ4v) is 3.08. The monoisotopic (exact) mass is 392 g/mol. The molecule has 2 rings (SSSR count). The zero-order valence-corrected chi connectivity index (χ0v) is 16.8. The topological polar surface area (TPSA) is 104 Å². The summed E-state index contributed by atoms with van der Waals surface area (Å²) in [7, 11) is 0. The lowest BCUT2D eigenvalue weighted by molar-refractivity contribution is -0.155. The first-order valence-corrected chi connectivity index (χ1v) is 10.0. The molecule has 3 N–H and O–H groups in total. The summed E-state index contributed by atoms with van der Waals surface area (Å²) in [6, 6.07) is 5.26. The largest absolute Gasteiger partial charge is 0.481 e. The SMILES string of the molecule is CCC(C)OC(=O)C(CCC(=O)O)N1CCNCCNCc2cccc(n2)C1. The van der Waals surface area contributed by atoms with Crippen molar-refractivity contribution in [3.63, 3.8) is 0 Å². The predicted octanol–water partition coefficient (Wildman–Crippen LogP) is 1.15. The Morgan fingerprint density at radius 3 is 2.75 bits per heavy atom. The Labute approximate surface area is 166 Å². The van der Waals surface area contributed by atoms with Crippen LogP contribution in [0.3, 0.4) is 0 Å². The van der Waals surface area contributed by atoms with Crippen LogP contribution >= 0.6 is 0 Å². The fraction of sp³-hybridized carbons (Fsp3) is 0.650. The van der Waals surface area contributed by atoms with Gasteiger partial charge >= 0.3 is 11.9 Å². The van der Waals surface area contributed by atoms with Crippen molar-refractivity contribution in [1.82, 2.24) is 20.5 Å². The molecule has 1 aliphatic heterocycles. The molecule has 0 saturated heterocycles. The molecule has 1 aliphatic rings. The standard InChI is InChI=1S/C20H32N4O4/c1-3-15(2)28-20(27)18(7-8-19(25)26)24-12-11-21-9-10-22-13-16-5-4-6-17(14-24)23-16/h4-6,15,18,21-22H,3,7-14H2,1-2H3,(H,25,26). The molecule has 8 nitrogen and oxygen atoms in total. The van der Waals surface area contributed by atoms with Gasteiger partial charge in [0.15, 0.2) is 0 Å². The van der Waals surface area contributed by atoms with Gasteiger partial charge in [0.2, 0.25) is 0 Å². The molecule has 2 heterocycles. The van der Waals surface area contributed by atoms with Crippen LogP contribution in [0.1, 0.15) is 44.5 Å². The van der Waals surface area contributed by atoms with Gasteiger partial charge in [-0.3, -0.25) is 19.5 Å². The van der Waals surface area contributed by atoms with E-state index in [-0.39, 0.29) is 24.9 Å². The van der Waals surface area contributed by atoms with Crippen LogP contribution in [0, 0.1) is 0 Å². The molecule has 0 radical (unpaired) electrons. The van der Waals surface area contributed by atoms with Crippen LogP contribution < -0.4 is 10.6 Å². The lowest BCUT2D eigenvalue weighted by Gasteiger charge is -2.31. The van der Waals surface area contributed by atoms with Gasteiger partial charge in [-0.05, 0) is 31.9 Å². The number of aliphatic carboxylic acids is 1. The highest BCUT2D eigenvalue weighted by molar-refractivity contribution is 5.77. The van der Waals surface area contributed by atoms with E-state index in [1.54, 1.807) is 0 Å². The van der Waals surface area contributed by atoms with E-state index in [1.165, 1.54) is 0 Å². The molecule has 0 amide bonds. The van der Waals surface area contributed by atoms with Crippen molar-refractivity contribution in [2.75, 3.05) is 26.2 Å². The van der Waals surface area contributed by atoms with Crippen LogP contribution in [-0.2, 0) is 27.4 Å². The van der Waals surface area contributed by atoms with Gasteiger partial charge in [0, 0.05) is 45.7 Å². The predicted molar refractivity (Wildman–Crippen MR) is 106 cm³/mol. The first-order chi connectivity index (χ1) is 13.5. The molecule has 0 saturated carbocycles. The molecule has 28 heavy (non-hydrogen) atoms. The van der Waals surface area contributed by atoms with Gasteiger partial charge < -0.3 is 20.5 Å². The van der Waals surface area contributed by atoms with Crippen molar-refractivity contribution in [3.8, 4) is 0 Å².